The second kappa shape index (κ2) is 7.97. The summed E-state index contributed by atoms with van der Waals surface area (Å²) in [4.78, 5) is 9.98. The minimum absolute atomic E-state index is 0.0592. The minimum Gasteiger partial charge on any atom is -0.490 e. The van der Waals surface area contributed by atoms with E-state index in [1.165, 1.54) is 39.4 Å². The second-order valence-electron chi connectivity index (χ2n) is 6.40. The van der Waals surface area contributed by atoms with Gasteiger partial charge in [-0.25, -0.2) is 21.1 Å². The number of aryl methyl sites for hydroxylation is 1. The Kier molecular flexibility index (Phi) is 6.21. The van der Waals surface area contributed by atoms with Gasteiger partial charge in [-0.05, 0) is 49.2 Å². The number of nitro benzene ring substituents is 1. The van der Waals surface area contributed by atoms with Crippen LogP contribution in [-0.4, -0.2) is 47.3 Å². The Hall–Kier alpha value is -2.70. The lowest BCUT2D eigenvalue weighted by Crippen LogP contribution is -2.23. The third-order valence-electron chi connectivity index (χ3n) is 4.32. The van der Waals surface area contributed by atoms with Crippen molar-refractivity contribution in [2.45, 2.75) is 23.6 Å². The van der Waals surface area contributed by atoms with Gasteiger partial charge < -0.3 is 4.74 Å². The van der Waals surface area contributed by atoms with Crippen molar-refractivity contribution in [3.8, 4) is 5.75 Å². The summed E-state index contributed by atoms with van der Waals surface area (Å²) < 4.78 is 58.7. The van der Waals surface area contributed by atoms with E-state index >= 15 is 0 Å². The van der Waals surface area contributed by atoms with E-state index < -0.39 is 30.7 Å². The molecule has 0 heterocycles. The highest BCUT2D eigenvalue weighted by Crippen LogP contribution is 2.31. The molecule has 0 amide bonds. The monoisotopic (exact) mass is 443 g/mol. The number of hydrogen-bond donors (Lipinski definition) is 1. The van der Waals surface area contributed by atoms with Crippen molar-refractivity contribution < 1.29 is 26.5 Å². The van der Waals surface area contributed by atoms with Gasteiger partial charge in [-0.15, -0.1) is 0 Å². The molecule has 2 aromatic carbocycles. The fourth-order valence-corrected chi connectivity index (χ4v) is 4.62. The van der Waals surface area contributed by atoms with E-state index in [1.807, 2.05) is 0 Å². The first-order valence-electron chi connectivity index (χ1n) is 8.20. The molecule has 29 heavy (non-hydrogen) atoms. The Morgan fingerprint density at radius 2 is 1.66 bits per heavy atom. The highest BCUT2D eigenvalue weighted by Gasteiger charge is 2.25. The van der Waals surface area contributed by atoms with Crippen molar-refractivity contribution in [2.24, 2.45) is 0 Å². The van der Waals surface area contributed by atoms with Crippen molar-refractivity contribution in [1.82, 2.24) is 4.31 Å². The highest BCUT2D eigenvalue weighted by molar-refractivity contribution is 7.92. The predicted molar refractivity (Wildman–Crippen MR) is 107 cm³/mol. The van der Waals surface area contributed by atoms with Crippen LogP contribution >= 0.6 is 0 Å². The van der Waals surface area contributed by atoms with Gasteiger partial charge in [0.05, 0.1) is 27.5 Å². The van der Waals surface area contributed by atoms with E-state index in [9.17, 15) is 26.9 Å². The summed E-state index contributed by atoms with van der Waals surface area (Å²) >= 11 is 0. The summed E-state index contributed by atoms with van der Waals surface area (Å²) in [5.41, 5.74) is 0.636. The van der Waals surface area contributed by atoms with Gasteiger partial charge >= 0.3 is 5.69 Å². The van der Waals surface area contributed by atoms with Gasteiger partial charge in [-0.3, -0.25) is 14.8 Å². The quantitative estimate of drug-likeness (QED) is 0.512. The third-order valence-corrected chi connectivity index (χ3v) is 7.48. The molecule has 0 saturated heterocycles. The van der Waals surface area contributed by atoms with Gasteiger partial charge in [0, 0.05) is 20.2 Å². The Labute approximate surface area is 169 Å². The fraction of sp³-hybridized carbons (Fsp3) is 0.294. The maximum atomic E-state index is 12.8. The zero-order valence-electron chi connectivity index (χ0n) is 16.5. The first kappa shape index (κ1) is 22.6. The standard InChI is InChI=1S/C17H21N3O7S2/c1-11-8-14(29(25,26)19(3)4)9-15(12(11)2)18-28(23,24)13-6-7-17(27-5)16(10-13)20(21)22/h6-10,18H,1-5H3. The van der Waals surface area contributed by atoms with E-state index in [4.69, 9.17) is 4.74 Å². The zero-order valence-corrected chi connectivity index (χ0v) is 18.1. The van der Waals surface area contributed by atoms with Gasteiger partial charge in [0.2, 0.25) is 10.0 Å². The lowest BCUT2D eigenvalue weighted by molar-refractivity contribution is -0.386. The van der Waals surface area contributed by atoms with E-state index in [1.54, 1.807) is 13.8 Å². The number of hydrogen-bond acceptors (Lipinski definition) is 7. The molecule has 1 N–H and O–H groups in total. The molecule has 0 aliphatic rings. The molecule has 158 valence electrons. The number of sulfonamides is 2. The molecule has 2 aromatic rings. The van der Waals surface area contributed by atoms with Gasteiger partial charge in [0.15, 0.2) is 5.75 Å². The van der Waals surface area contributed by atoms with E-state index in [-0.39, 0.29) is 21.2 Å². The number of ether oxygens (including phenoxy) is 1. The van der Waals surface area contributed by atoms with Crippen LogP contribution in [0.4, 0.5) is 11.4 Å². The molecule has 0 fully saturated rings. The highest BCUT2D eigenvalue weighted by atomic mass is 32.2. The number of rotatable bonds is 7. The summed E-state index contributed by atoms with van der Waals surface area (Å²) in [6, 6.07) is 5.88. The number of nitrogens with one attached hydrogen (secondary N) is 1. The van der Waals surface area contributed by atoms with Crippen LogP contribution in [0, 0.1) is 24.0 Å². The molecule has 0 spiro atoms. The average Bonchev–Trinajstić information content (AvgIpc) is 2.64. The largest absolute Gasteiger partial charge is 0.490 e. The van der Waals surface area contributed by atoms with E-state index in [0.29, 0.717) is 11.1 Å². The molecule has 0 aliphatic carbocycles. The van der Waals surface area contributed by atoms with Crippen molar-refractivity contribution in [2.75, 3.05) is 25.9 Å². The Morgan fingerprint density at radius 3 is 2.17 bits per heavy atom. The molecule has 0 bridgehead atoms. The van der Waals surface area contributed by atoms with E-state index in [2.05, 4.69) is 4.72 Å². The van der Waals surface area contributed by atoms with Crippen molar-refractivity contribution in [3.63, 3.8) is 0 Å². The van der Waals surface area contributed by atoms with Crippen LogP contribution in [0.15, 0.2) is 40.1 Å². The maximum Gasteiger partial charge on any atom is 0.312 e. The van der Waals surface area contributed by atoms with Crippen molar-refractivity contribution in [3.05, 3.63) is 51.6 Å². The van der Waals surface area contributed by atoms with Crippen LogP contribution < -0.4 is 9.46 Å². The lowest BCUT2D eigenvalue weighted by Gasteiger charge is -2.17. The number of anilines is 1. The first-order chi connectivity index (χ1) is 13.3. The number of nitrogens with zero attached hydrogens (tertiary/aromatic N) is 2. The summed E-state index contributed by atoms with van der Waals surface area (Å²) in [7, 11) is -4.06. The first-order valence-corrected chi connectivity index (χ1v) is 11.1. The molecule has 0 radical (unpaired) electrons. The molecule has 0 aromatic heterocycles. The van der Waals surface area contributed by atoms with Crippen LogP contribution in [0.2, 0.25) is 0 Å². The van der Waals surface area contributed by atoms with Crippen LogP contribution in [-0.2, 0) is 20.0 Å². The van der Waals surface area contributed by atoms with Gasteiger partial charge in [0.1, 0.15) is 0 Å². The van der Waals surface area contributed by atoms with Crippen LogP contribution in [0.5, 0.6) is 5.75 Å². The molecule has 0 aliphatic heterocycles. The summed E-state index contributed by atoms with van der Waals surface area (Å²) in [6.07, 6.45) is 0. The SMILES string of the molecule is COc1ccc(S(=O)(=O)Nc2cc(S(=O)(=O)N(C)C)cc(C)c2C)cc1[N+](=O)[O-]. The molecule has 10 nitrogen and oxygen atoms in total. The third kappa shape index (κ3) is 4.49. The van der Waals surface area contributed by atoms with Crippen molar-refractivity contribution in [1.29, 1.82) is 0 Å². The summed E-state index contributed by atoms with van der Waals surface area (Å²) in [6.45, 7) is 3.29. The molecule has 2 rings (SSSR count). The second-order valence-corrected chi connectivity index (χ2v) is 10.2. The fourth-order valence-electron chi connectivity index (χ4n) is 2.48. The molecule has 12 heteroatoms. The molecular weight excluding hydrogens is 422 g/mol. The van der Waals surface area contributed by atoms with Crippen LogP contribution in [0.3, 0.4) is 0 Å². The Bertz CT molecular complexity index is 1170. The lowest BCUT2D eigenvalue weighted by atomic mass is 10.1. The smallest absolute Gasteiger partial charge is 0.312 e. The predicted octanol–water partition coefficient (Wildman–Crippen LogP) is 2.27. The number of benzene rings is 2. The molecular formula is C17H21N3O7S2. The van der Waals surface area contributed by atoms with Crippen LogP contribution in [0.25, 0.3) is 0 Å². The van der Waals surface area contributed by atoms with Crippen LogP contribution in [0.1, 0.15) is 11.1 Å². The van der Waals surface area contributed by atoms with E-state index in [0.717, 1.165) is 16.4 Å². The Morgan fingerprint density at radius 1 is 1.03 bits per heavy atom. The average molecular weight is 444 g/mol. The normalized spacial score (nSPS) is 12.1. The van der Waals surface area contributed by atoms with Crippen molar-refractivity contribution >= 4 is 31.4 Å². The van der Waals surface area contributed by atoms with Gasteiger partial charge in [-0.2, -0.15) is 0 Å². The number of methoxy groups -OCH3 is 1. The minimum atomic E-state index is -4.23. The molecule has 0 saturated carbocycles. The molecule has 0 unspecified atom stereocenters. The number of nitro groups is 1. The topological polar surface area (TPSA) is 136 Å². The summed E-state index contributed by atoms with van der Waals surface area (Å²) in [5.74, 6) is -0.0833. The zero-order chi connectivity index (χ0) is 22.1. The summed E-state index contributed by atoms with van der Waals surface area (Å²) in [5, 5.41) is 11.2. The maximum absolute atomic E-state index is 12.8. The molecule has 0 atom stereocenters. The van der Waals surface area contributed by atoms with Gasteiger partial charge in [0.25, 0.3) is 10.0 Å². The Balaban J connectivity index is 2.57. The van der Waals surface area contributed by atoms with Gasteiger partial charge in [-0.1, -0.05) is 0 Å².